The first-order chi connectivity index (χ1) is 13.9. The van der Waals surface area contributed by atoms with Crippen molar-refractivity contribution in [2.75, 3.05) is 41.7 Å². The van der Waals surface area contributed by atoms with Gasteiger partial charge >= 0.3 is 6.09 Å². The summed E-state index contributed by atoms with van der Waals surface area (Å²) in [6.45, 7) is 2.19. The van der Waals surface area contributed by atoms with Gasteiger partial charge in [-0.1, -0.05) is 11.6 Å². The van der Waals surface area contributed by atoms with Crippen LogP contribution in [0.2, 0.25) is 4.34 Å². The predicted octanol–water partition coefficient (Wildman–Crippen LogP) is 2.28. The molecule has 154 valence electrons. The Bertz CT molecular complexity index is 936. The highest BCUT2D eigenvalue weighted by Crippen LogP contribution is 2.32. The van der Waals surface area contributed by atoms with Crippen molar-refractivity contribution in [1.82, 2.24) is 5.32 Å². The van der Waals surface area contributed by atoms with Crippen molar-refractivity contribution >= 4 is 52.0 Å². The van der Waals surface area contributed by atoms with Gasteiger partial charge in [-0.3, -0.25) is 9.69 Å². The van der Waals surface area contributed by atoms with Crippen molar-refractivity contribution in [2.24, 2.45) is 5.73 Å². The van der Waals surface area contributed by atoms with Crippen LogP contribution in [0.4, 0.5) is 21.9 Å². The second-order valence-corrected chi connectivity index (χ2v) is 8.88. The first kappa shape index (κ1) is 19.8. The van der Waals surface area contributed by atoms with Crippen LogP contribution in [0.3, 0.4) is 0 Å². The van der Waals surface area contributed by atoms with Gasteiger partial charge in [-0.2, -0.15) is 0 Å². The first-order valence-corrected chi connectivity index (χ1v) is 10.5. The number of nitrogen functional groups attached to an aromatic ring is 1. The third kappa shape index (κ3) is 4.26. The smallest absolute Gasteiger partial charge is 0.414 e. The Morgan fingerprint density at radius 1 is 1.31 bits per heavy atom. The second-order valence-electron chi connectivity index (χ2n) is 7.17. The summed E-state index contributed by atoms with van der Waals surface area (Å²) in [6, 6.07) is 9.02. The maximum atomic E-state index is 12.3. The number of amides is 2. The third-order valence-electron chi connectivity index (χ3n) is 5.05. The minimum Gasteiger partial charge on any atom is -0.442 e. The van der Waals surface area contributed by atoms with Gasteiger partial charge in [-0.15, -0.1) is 11.3 Å². The lowest BCUT2D eigenvalue weighted by atomic mass is 10.2. The molecule has 29 heavy (non-hydrogen) atoms. The van der Waals surface area contributed by atoms with Gasteiger partial charge in [0.25, 0.3) is 5.91 Å². The van der Waals surface area contributed by atoms with E-state index in [1.165, 1.54) is 16.2 Å². The van der Waals surface area contributed by atoms with Gasteiger partial charge in [-0.05, 0) is 36.8 Å². The molecule has 0 saturated carbocycles. The number of rotatable bonds is 5. The molecule has 4 rings (SSSR count). The molecular formula is C19H22ClN5O3S. The van der Waals surface area contributed by atoms with Gasteiger partial charge in [0.05, 0.1) is 33.7 Å². The van der Waals surface area contributed by atoms with Crippen LogP contribution in [0.15, 0.2) is 30.3 Å². The number of anilines is 3. The Kier molecular flexibility index (Phi) is 5.53. The van der Waals surface area contributed by atoms with Crippen LogP contribution in [0, 0.1) is 0 Å². The molecule has 2 fully saturated rings. The number of nitrogens with one attached hydrogen (secondary N) is 1. The minimum absolute atomic E-state index is 0.156. The fraction of sp³-hybridized carbons (Fsp3) is 0.368. The van der Waals surface area contributed by atoms with E-state index in [-0.39, 0.29) is 18.5 Å². The minimum atomic E-state index is -0.459. The zero-order valence-corrected chi connectivity index (χ0v) is 17.2. The number of benzene rings is 1. The average Bonchev–Trinajstić information content (AvgIpc) is 3.40. The number of hydrogen-bond acceptors (Lipinski definition) is 7. The van der Waals surface area contributed by atoms with Crippen molar-refractivity contribution in [3.63, 3.8) is 0 Å². The largest absolute Gasteiger partial charge is 0.442 e. The molecule has 0 spiro atoms. The van der Waals surface area contributed by atoms with Gasteiger partial charge in [0.15, 0.2) is 0 Å². The van der Waals surface area contributed by atoms with Gasteiger partial charge in [0.1, 0.15) is 6.10 Å². The number of thiophene rings is 1. The molecule has 1 aromatic carbocycles. The monoisotopic (exact) mass is 435 g/mol. The summed E-state index contributed by atoms with van der Waals surface area (Å²) in [6.07, 6.45) is 0.0307. The van der Waals surface area contributed by atoms with E-state index >= 15 is 0 Å². The lowest BCUT2D eigenvalue weighted by Crippen LogP contribution is -2.34. The van der Waals surface area contributed by atoms with E-state index in [9.17, 15) is 9.59 Å². The van der Waals surface area contributed by atoms with Crippen molar-refractivity contribution in [1.29, 1.82) is 0 Å². The molecular weight excluding hydrogens is 414 g/mol. The number of halogens is 1. The van der Waals surface area contributed by atoms with E-state index in [0.717, 1.165) is 25.2 Å². The first-order valence-electron chi connectivity index (χ1n) is 9.32. The Labute approximate surface area is 177 Å². The van der Waals surface area contributed by atoms with Crippen molar-refractivity contribution < 1.29 is 14.3 Å². The van der Waals surface area contributed by atoms with Gasteiger partial charge in [0.2, 0.25) is 0 Å². The SMILES string of the molecule is Nc1cc(N2CC(CNC(=O)c3ccc(Cl)s3)OC2=O)ccc1N1CCC(N)C1. The fourth-order valence-corrected chi connectivity index (χ4v) is 4.53. The quantitative estimate of drug-likeness (QED) is 0.621. The zero-order valence-electron chi connectivity index (χ0n) is 15.6. The zero-order chi connectivity index (χ0) is 20.5. The molecule has 10 heteroatoms. The van der Waals surface area contributed by atoms with Crippen LogP contribution in [-0.4, -0.2) is 50.3 Å². The average molecular weight is 436 g/mol. The number of cyclic esters (lactones) is 1. The highest BCUT2D eigenvalue weighted by molar-refractivity contribution is 7.18. The van der Waals surface area contributed by atoms with Gasteiger partial charge < -0.3 is 26.4 Å². The van der Waals surface area contributed by atoms with Crippen LogP contribution in [-0.2, 0) is 4.74 Å². The predicted molar refractivity (Wildman–Crippen MR) is 115 cm³/mol. The highest BCUT2D eigenvalue weighted by atomic mass is 35.5. The van der Waals surface area contributed by atoms with E-state index in [4.69, 9.17) is 27.8 Å². The topological polar surface area (TPSA) is 114 Å². The number of nitrogens with zero attached hydrogens (tertiary/aromatic N) is 2. The number of nitrogens with two attached hydrogens (primary N) is 2. The number of carbonyl (C=O) groups excluding carboxylic acids is 2. The maximum absolute atomic E-state index is 12.3. The van der Waals surface area contributed by atoms with E-state index < -0.39 is 12.2 Å². The standard InChI is InChI=1S/C19H22ClN5O3S/c20-17-4-3-16(29-17)18(26)23-8-13-10-25(19(27)28-13)12-1-2-15(14(22)7-12)24-6-5-11(21)9-24/h1-4,7,11,13H,5-6,8-10,21-22H2,(H,23,26). The fourth-order valence-electron chi connectivity index (χ4n) is 3.57. The Morgan fingerprint density at radius 3 is 2.79 bits per heavy atom. The van der Waals surface area contributed by atoms with Crippen LogP contribution in [0.1, 0.15) is 16.1 Å². The van der Waals surface area contributed by atoms with Gasteiger partial charge in [-0.25, -0.2) is 4.79 Å². The summed E-state index contributed by atoms with van der Waals surface area (Å²) >= 11 is 7.05. The molecule has 0 radical (unpaired) electrons. The number of ether oxygens (including phenoxy) is 1. The summed E-state index contributed by atoms with van der Waals surface area (Å²) < 4.78 is 5.93. The molecule has 2 amide bonds. The molecule has 0 bridgehead atoms. The molecule has 2 aromatic rings. The molecule has 2 atom stereocenters. The molecule has 3 heterocycles. The molecule has 0 aliphatic carbocycles. The maximum Gasteiger partial charge on any atom is 0.414 e. The summed E-state index contributed by atoms with van der Waals surface area (Å²) in [5.41, 5.74) is 14.4. The number of carbonyl (C=O) groups is 2. The number of hydrogen-bond donors (Lipinski definition) is 3. The molecule has 8 nitrogen and oxygen atoms in total. The summed E-state index contributed by atoms with van der Waals surface area (Å²) in [5, 5.41) is 2.77. The summed E-state index contributed by atoms with van der Waals surface area (Å²) in [5.74, 6) is -0.242. The van der Waals surface area contributed by atoms with Crippen LogP contribution >= 0.6 is 22.9 Å². The van der Waals surface area contributed by atoms with E-state index in [2.05, 4.69) is 10.2 Å². The van der Waals surface area contributed by atoms with Crippen LogP contribution in [0.25, 0.3) is 0 Å². The van der Waals surface area contributed by atoms with Crippen molar-refractivity contribution in [3.8, 4) is 0 Å². The normalized spacial score (nSPS) is 21.5. The highest BCUT2D eigenvalue weighted by Gasteiger charge is 2.33. The van der Waals surface area contributed by atoms with Crippen molar-refractivity contribution in [3.05, 3.63) is 39.5 Å². The van der Waals surface area contributed by atoms with Gasteiger partial charge in [0, 0.05) is 24.8 Å². The molecule has 2 unspecified atom stereocenters. The Hall–Kier alpha value is -2.49. The molecule has 1 aromatic heterocycles. The molecule has 5 N–H and O–H groups in total. The Balaban J connectivity index is 1.37. The van der Waals surface area contributed by atoms with Crippen LogP contribution < -0.4 is 26.6 Å². The van der Waals surface area contributed by atoms with E-state index in [1.807, 2.05) is 12.1 Å². The lowest BCUT2D eigenvalue weighted by Gasteiger charge is -2.22. The van der Waals surface area contributed by atoms with Crippen molar-refractivity contribution in [2.45, 2.75) is 18.6 Å². The molecule has 2 aliphatic rings. The third-order valence-corrected chi connectivity index (χ3v) is 6.28. The van der Waals surface area contributed by atoms with E-state index in [1.54, 1.807) is 18.2 Å². The second kappa shape index (κ2) is 8.10. The molecule has 2 saturated heterocycles. The van der Waals surface area contributed by atoms with E-state index in [0.29, 0.717) is 27.1 Å². The lowest BCUT2D eigenvalue weighted by molar-refractivity contribution is 0.0920. The summed E-state index contributed by atoms with van der Waals surface area (Å²) in [7, 11) is 0. The molecule has 2 aliphatic heterocycles. The van der Waals surface area contributed by atoms with Crippen LogP contribution in [0.5, 0.6) is 0 Å². The summed E-state index contributed by atoms with van der Waals surface area (Å²) in [4.78, 5) is 28.6. The Morgan fingerprint density at radius 2 is 2.14 bits per heavy atom.